The van der Waals surface area contributed by atoms with Crippen molar-refractivity contribution < 1.29 is 19.1 Å². The van der Waals surface area contributed by atoms with Crippen molar-refractivity contribution in [1.29, 1.82) is 0 Å². The lowest BCUT2D eigenvalue weighted by atomic mass is 10.0. The van der Waals surface area contributed by atoms with Crippen LogP contribution in [0.5, 0.6) is 0 Å². The zero-order valence-electron chi connectivity index (χ0n) is 14.0. The first kappa shape index (κ1) is 17.2. The Hall–Kier alpha value is -2.66. The van der Waals surface area contributed by atoms with Gasteiger partial charge in [-0.2, -0.15) is 0 Å². The second kappa shape index (κ2) is 8.44. The van der Waals surface area contributed by atoms with E-state index in [1.807, 2.05) is 48.5 Å². The number of carbonyl (C=O) groups excluding carboxylic acids is 2. The monoisotopic (exact) mass is 339 g/mol. The van der Waals surface area contributed by atoms with Gasteiger partial charge in [0.25, 0.3) is 0 Å². The van der Waals surface area contributed by atoms with Crippen LogP contribution in [-0.2, 0) is 16.1 Å². The molecule has 5 nitrogen and oxygen atoms in total. The summed E-state index contributed by atoms with van der Waals surface area (Å²) in [6.45, 7) is 1.45. The number of hydrogen-bond acceptors (Lipinski definition) is 4. The van der Waals surface area contributed by atoms with E-state index in [1.54, 1.807) is 17.0 Å². The minimum absolute atomic E-state index is 0.00282. The van der Waals surface area contributed by atoms with Crippen molar-refractivity contribution in [1.82, 2.24) is 4.90 Å². The topological polar surface area (TPSA) is 55.8 Å². The molecule has 0 bridgehead atoms. The summed E-state index contributed by atoms with van der Waals surface area (Å²) >= 11 is 0. The number of ether oxygens (including phenoxy) is 2. The van der Waals surface area contributed by atoms with Crippen molar-refractivity contribution in [3.63, 3.8) is 0 Å². The molecule has 130 valence electrons. The minimum atomic E-state index is -0.405. The predicted molar refractivity (Wildman–Crippen MR) is 93.3 cm³/mol. The van der Waals surface area contributed by atoms with Crippen LogP contribution < -0.4 is 0 Å². The summed E-state index contributed by atoms with van der Waals surface area (Å²) in [5.41, 5.74) is 1.58. The number of ketones is 1. The van der Waals surface area contributed by atoms with E-state index in [2.05, 4.69) is 0 Å². The van der Waals surface area contributed by atoms with Gasteiger partial charge in [0.05, 0.1) is 19.3 Å². The molecular formula is C20H21NO4. The lowest BCUT2D eigenvalue weighted by molar-refractivity contribution is -0.0113. The highest BCUT2D eigenvalue weighted by atomic mass is 16.6. The number of rotatable bonds is 5. The van der Waals surface area contributed by atoms with Gasteiger partial charge in [-0.3, -0.25) is 4.79 Å². The zero-order chi connectivity index (χ0) is 17.5. The highest BCUT2D eigenvalue weighted by Gasteiger charge is 2.30. The molecule has 0 saturated carbocycles. The SMILES string of the molecule is O=C(CC1COCCN1C(=O)OCc1ccccc1)c1ccccc1. The fourth-order valence-corrected chi connectivity index (χ4v) is 2.82. The molecule has 3 rings (SSSR count). The third-order valence-electron chi connectivity index (χ3n) is 4.18. The molecule has 1 aliphatic heterocycles. The maximum absolute atomic E-state index is 12.4. The average Bonchev–Trinajstić information content (AvgIpc) is 2.68. The van der Waals surface area contributed by atoms with Crippen LogP contribution >= 0.6 is 0 Å². The molecular weight excluding hydrogens is 318 g/mol. The van der Waals surface area contributed by atoms with Gasteiger partial charge in [0.2, 0.25) is 0 Å². The molecule has 0 N–H and O–H groups in total. The van der Waals surface area contributed by atoms with Crippen molar-refractivity contribution >= 4 is 11.9 Å². The van der Waals surface area contributed by atoms with Crippen molar-refractivity contribution in [2.75, 3.05) is 19.8 Å². The third kappa shape index (κ3) is 4.67. The van der Waals surface area contributed by atoms with E-state index in [9.17, 15) is 9.59 Å². The van der Waals surface area contributed by atoms with Crippen LogP contribution in [0.3, 0.4) is 0 Å². The maximum Gasteiger partial charge on any atom is 0.410 e. The molecule has 1 fully saturated rings. The van der Waals surface area contributed by atoms with Crippen LogP contribution in [0.1, 0.15) is 22.3 Å². The first-order valence-corrected chi connectivity index (χ1v) is 8.37. The molecule has 5 heteroatoms. The molecule has 2 aromatic rings. The van der Waals surface area contributed by atoms with Gasteiger partial charge in [-0.25, -0.2) is 4.79 Å². The molecule has 0 aliphatic carbocycles. The van der Waals surface area contributed by atoms with Crippen LogP contribution in [0.15, 0.2) is 60.7 Å². The van der Waals surface area contributed by atoms with Gasteiger partial charge in [-0.05, 0) is 5.56 Å². The molecule has 0 spiro atoms. The molecule has 1 amide bonds. The van der Waals surface area contributed by atoms with Gasteiger partial charge < -0.3 is 14.4 Å². The van der Waals surface area contributed by atoms with E-state index in [1.165, 1.54) is 0 Å². The van der Waals surface area contributed by atoms with Crippen molar-refractivity contribution in [3.05, 3.63) is 71.8 Å². The molecule has 0 aromatic heterocycles. The van der Waals surface area contributed by atoms with Gasteiger partial charge >= 0.3 is 6.09 Å². The fourth-order valence-electron chi connectivity index (χ4n) is 2.82. The Balaban J connectivity index is 1.60. The van der Waals surface area contributed by atoms with E-state index in [0.717, 1.165) is 5.56 Å². The normalized spacial score (nSPS) is 17.1. The fraction of sp³-hybridized carbons (Fsp3) is 0.300. The standard InChI is InChI=1S/C20H21NO4/c22-19(17-9-5-2-6-10-17)13-18-15-24-12-11-21(18)20(23)25-14-16-7-3-1-4-8-16/h1-10,18H,11-15H2. The molecule has 2 aromatic carbocycles. The van der Waals surface area contributed by atoms with E-state index in [-0.39, 0.29) is 24.9 Å². The Bertz CT molecular complexity index is 702. The smallest absolute Gasteiger partial charge is 0.410 e. The largest absolute Gasteiger partial charge is 0.445 e. The summed E-state index contributed by atoms with van der Waals surface area (Å²) in [6.07, 6.45) is -0.178. The molecule has 1 aliphatic rings. The van der Waals surface area contributed by atoms with Crippen LogP contribution in [0.4, 0.5) is 4.79 Å². The molecule has 1 unspecified atom stereocenters. The summed E-state index contributed by atoms with van der Waals surface area (Å²) in [4.78, 5) is 26.5. The van der Waals surface area contributed by atoms with Crippen molar-refractivity contribution in [2.45, 2.75) is 19.1 Å². The van der Waals surface area contributed by atoms with E-state index < -0.39 is 6.09 Å². The Morgan fingerprint density at radius 1 is 1.04 bits per heavy atom. The summed E-state index contributed by atoms with van der Waals surface area (Å²) in [6, 6.07) is 18.3. The third-order valence-corrected chi connectivity index (χ3v) is 4.18. The maximum atomic E-state index is 12.4. The van der Waals surface area contributed by atoms with Crippen LogP contribution in [0.25, 0.3) is 0 Å². The zero-order valence-corrected chi connectivity index (χ0v) is 14.0. The lowest BCUT2D eigenvalue weighted by Crippen LogP contribution is -2.49. The highest BCUT2D eigenvalue weighted by Crippen LogP contribution is 2.16. The number of benzene rings is 2. The summed E-state index contributed by atoms with van der Waals surface area (Å²) in [5.74, 6) is -0.00282. The van der Waals surface area contributed by atoms with Gasteiger partial charge in [-0.15, -0.1) is 0 Å². The van der Waals surface area contributed by atoms with Gasteiger partial charge in [0, 0.05) is 18.5 Å². The van der Waals surface area contributed by atoms with E-state index in [0.29, 0.717) is 25.3 Å². The average molecular weight is 339 g/mol. The van der Waals surface area contributed by atoms with Gasteiger partial charge in [0.1, 0.15) is 6.61 Å². The molecule has 0 radical (unpaired) electrons. The molecule has 1 atom stereocenters. The quantitative estimate of drug-likeness (QED) is 0.785. The summed E-state index contributed by atoms with van der Waals surface area (Å²) in [5, 5.41) is 0. The number of morpholine rings is 1. The number of Topliss-reactive ketones (excluding diaryl/α,β-unsaturated/α-hetero) is 1. The predicted octanol–water partition coefficient (Wildman–Crippen LogP) is 3.30. The highest BCUT2D eigenvalue weighted by molar-refractivity contribution is 5.96. The number of carbonyl (C=O) groups is 2. The first-order chi connectivity index (χ1) is 12.2. The molecule has 1 heterocycles. The Morgan fingerprint density at radius 3 is 2.44 bits per heavy atom. The number of nitrogens with zero attached hydrogens (tertiary/aromatic N) is 1. The summed E-state index contributed by atoms with van der Waals surface area (Å²) < 4.78 is 10.9. The van der Waals surface area contributed by atoms with Crippen molar-refractivity contribution in [3.8, 4) is 0 Å². The Labute approximate surface area is 147 Å². The van der Waals surface area contributed by atoms with Crippen LogP contribution in [0, 0.1) is 0 Å². The number of amides is 1. The van der Waals surface area contributed by atoms with Gasteiger partial charge in [-0.1, -0.05) is 60.7 Å². The Morgan fingerprint density at radius 2 is 1.72 bits per heavy atom. The van der Waals surface area contributed by atoms with Crippen LogP contribution in [0.2, 0.25) is 0 Å². The lowest BCUT2D eigenvalue weighted by Gasteiger charge is -2.34. The first-order valence-electron chi connectivity index (χ1n) is 8.37. The van der Waals surface area contributed by atoms with Crippen molar-refractivity contribution in [2.24, 2.45) is 0 Å². The second-order valence-corrected chi connectivity index (χ2v) is 5.96. The van der Waals surface area contributed by atoms with Crippen LogP contribution in [-0.4, -0.2) is 42.6 Å². The Kier molecular flexibility index (Phi) is 5.80. The molecule has 1 saturated heterocycles. The molecule has 25 heavy (non-hydrogen) atoms. The van der Waals surface area contributed by atoms with E-state index in [4.69, 9.17) is 9.47 Å². The minimum Gasteiger partial charge on any atom is -0.445 e. The number of hydrogen-bond donors (Lipinski definition) is 0. The van der Waals surface area contributed by atoms with Gasteiger partial charge in [0.15, 0.2) is 5.78 Å². The van der Waals surface area contributed by atoms with E-state index >= 15 is 0 Å². The second-order valence-electron chi connectivity index (χ2n) is 5.96. The summed E-state index contributed by atoms with van der Waals surface area (Å²) in [7, 11) is 0.